The van der Waals surface area contributed by atoms with Crippen molar-refractivity contribution in [2.24, 2.45) is 0 Å². The maximum absolute atomic E-state index is 13.3. The average Bonchev–Trinajstić information content (AvgIpc) is 2.33. The fourth-order valence-electron chi connectivity index (χ4n) is 1.45. The first-order valence-electron chi connectivity index (χ1n) is 4.36. The molecule has 0 radical (unpaired) electrons. The minimum absolute atomic E-state index is 0.233. The molecule has 0 heterocycles. The molecule has 0 amide bonds. The van der Waals surface area contributed by atoms with Gasteiger partial charge in [-0.2, -0.15) is 0 Å². The minimum atomic E-state index is -1.82. The van der Waals surface area contributed by atoms with E-state index in [0.717, 1.165) is 12.1 Å². The second-order valence-electron chi connectivity index (χ2n) is 3.17. The lowest BCUT2D eigenvalue weighted by atomic mass is 10.1. The standard InChI is InChI=1S/C11H6F4O/c1-16-5-2-3-6-7(4-5)9(13)11(15)10(14)8(6)12/h2-4H,1H3. The molecular weight excluding hydrogens is 224 g/mol. The number of methoxy groups -OCH3 is 1. The van der Waals surface area contributed by atoms with Crippen LogP contribution in [-0.2, 0) is 0 Å². The Hall–Kier alpha value is -1.78. The number of rotatable bonds is 1. The molecule has 2 rings (SSSR count). The summed E-state index contributed by atoms with van der Waals surface area (Å²) in [6.45, 7) is 0. The molecule has 2 aromatic rings. The van der Waals surface area contributed by atoms with Crippen LogP contribution in [0.2, 0.25) is 0 Å². The number of halogens is 4. The van der Waals surface area contributed by atoms with Crippen LogP contribution in [0.3, 0.4) is 0 Å². The first-order valence-corrected chi connectivity index (χ1v) is 4.36. The Morgan fingerprint density at radius 2 is 1.38 bits per heavy atom. The second kappa shape index (κ2) is 3.66. The van der Waals surface area contributed by atoms with E-state index in [9.17, 15) is 17.6 Å². The van der Waals surface area contributed by atoms with Gasteiger partial charge >= 0.3 is 0 Å². The van der Waals surface area contributed by atoms with Gasteiger partial charge in [-0.1, -0.05) is 0 Å². The summed E-state index contributed by atoms with van der Waals surface area (Å²) in [6.07, 6.45) is 0. The second-order valence-corrected chi connectivity index (χ2v) is 3.17. The van der Waals surface area contributed by atoms with Gasteiger partial charge < -0.3 is 4.74 Å². The van der Waals surface area contributed by atoms with Crippen LogP contribution in [0.25, 0.3) is 10.8 Å². The van der Waals surface area contributed by atoms with Gasteiger partial charge in [0, 0.05) is 10.8 Å². The maximum Gasteiger partial charge on any atom is 0.198 e. The molecule has 84 valence electrons. The van der Waals surface area contributed by atoms with Gasteiger partial charge in [-0.3, -0.25) is 0 Å². The van der Waals surface area contributed by atoms with Crippen molar-refractivity contribution < 1.29 is 22.3 Å². The number of hydrogen-bond acceptors (Lipinski definition) is 1. The third kappa shape index (κ3) is 1.39. The van der Waals surface area contributed by atoms with Crippen LogP contribution in [0.15, 0.2) is 18.2 Å². The van der Waals surface area contributed by atoms with Crippen LogP contribution < -0.4 is 4.74 Å². The average molecular weight is 230 g/mol. The van der Waals surface area contributed by atoms with Crippen LogP contribution >= 0.6 is 0 Å². The molecule has 0 saturated heterocycles. The van der Waals surface area contributed by atoms with Crippen molar-refractivity contribution in [3.05, 3.63) is 41.5 Å². The number of hydrogen-bond donors (Lipinski definition) is 0. The molecule has 16 heavy (non-hydrogen) atoms. The molecule has 0 fully saturated rings. The Bertz CT molecular complexity index is 566. The van der Waals surface area contributed by atoms with Crippen LogP contribution in [0.4, 0.5) is 17.6 Å². The van der Waals surface area contributed by atoms with E-state index in [1.165, 1.54) is 13.2 Å². The van der Waals surface area contributed by atoms with Gasteiger partial charge in [-0.15, -0.1) is 0 Å². The van der Waals surface area contributed by atoms with Crippen LogP contribution in [0, 0.1) is 23.3 Å². The number of fused-ring (bicyclic) bond motifs is 1. The smallest absolute Gasteiger partial charge is 0.198 e. The molecule has 0 aliphatic rings. The summed E-state index contributed by atoms with van der Waals surface area (Å²) in [5.41, 5.74) is 0. The molecule has 2 aromatic carbocycles. The molecule has 0 aromatic heterocycles. The van der Waals surface area contributed by atoms with E-state index in [4.69, 9.17) is 4.74 Å². The number of benzene rings is 2. The molecule has 0 N–H and O–H groups in total. The minimum Gasteiger partial charge on any atom is -0.497 e. The molecule has 0 unspecified atom stereocenters. The Labute approximate surface area is 88.3 Å². The lowest BCUT2D eigenvalue weighted by Crippen LogP contribution is -1.98. The quantitative estimate of drug-likeness (QED) is 0.414. The summed E-state index contributed by atoms with van der Waals surface area (Å²) in [5, 5.41) is -0.673. The lowest BCUT2D eigenvalue weighted by molar-refractivity contribution is 0.411. The first kappa shape index (κ1) is 10.7. The van der Waals surface area contributed by atoms with Crippen molar-refractivity contribution in [3.63, 3.8) is 0 Å². The number of ether oxygens (including phenoxy) is 1. The van der Waals surface area contributed by atoms with E-state index in [2.05, 4.69) is 0 Å². The predicted octanol–water partition coefficient (Wildman–Crippen LogP) is 3.40. The van der Waals surface area contributed by atoms with Gasteiger partial charge in [-0.05, 0) is 18.2 Å². The summed E-state index contributed by atoms with van der Waals surface area (Å²) in [5.74, 6) is -6.23. The van der Waals surface area contributed by atoms with Crippen molar-refractivity contribution in [1.82, 2.24) is 0 Å². The van der Waals surface area contributed by atoms with Crippen molar-refractivity contribution in [3.8, 4) is 5.75 Å². The van der Waals surface area contributed by atoms with Crippen molar-refractivity contribution in [1.29, 1.82) is 0 Å². The highest BCUT2D eigenvalue weighted by Crippen LogP contribution is 2.29. The largest absolute Gasteiger partial charge is 0.497 e. The topological polar surface area (TPSA) is 9.23 Å². The van der Waals surface area contributed by atoms with Crippen molar-refractivity contribution >= 4 is 10.8 Å². The van der Waals surface area contributed by atoms with E-state index in [-0.39, 0.29) is 16.5 Å². The zero-order chi connectivity index (χ0) is 11.9. The zero-order valence-corrected chi connectivity index (χ0v) is 8.15. The van der Waals surface area contributed by atoms with E-state index in [0.29, 0.717) is 0 Å². The first-order chi connectivity index (χ1) is 7.56. The highest BCUT2D eigenvalue weighted by Gasteiger charge is 2.20. The van der Waals surface area contributed by atoms with E-state index in [1.54, 1.807) is 0 Å². The lowest BCUT2D eigenvalue weighted by Gasteiger charge is -2.06. The Morgan fingerprint density at radius 1 is 0.812 bits per heavy atom. The Kier molecular flexibility index (Phi) is 2.46. The molecule has 0 atom stereocenters. The summed E-state index contributed by atoms with van der Waals surface area (Å²) >= 11 is 0. The molecule has 0 bridgehead atoms. The molecule has 1 nitrogen and oxygen atoms in total. The Morgan fingerprint density at radius 3 is 1.94 bits per heavy atom. The Balaban J connectivity index is 2.91. The molecular formula is C11H6F4O. The van der Waals surface area contributed by atoms with Crippen molar-refractivity contribution in [2.45, 2.75) is 0 Å². The summed E-state index contributed by atoms with van der Waals surface area (Å²) in [6, 6.07) is 3.58. The van der Waals surface area contributed by atoms with Gasteiger partial charge in [0.15, 0.2) is 23.3 Å². The van der Waals surface area contributed by atoms with Gasteiger partial charge in [0.1, 0.15) is 5.75 Å². The van der Waals surface area contributed by atoms with Crippen LogP contribution in [-0.4, -0.2) is 7.11 Å². The van der Waals surface area contributed by atoms with Gasteiger partial charge in [0.05, 0.1) is 7.11 Å². The van der Waals surface area contributed by atoms with Gasteiger partial charge in [0.25, 0.3) is 0 Å². The van der Waals surface area contributed by atoms with Crippen molar-refractivity contribution in [2.75, 3.05) is 7.11 Å². The third-order valence-electron chi connectivity index (χ3n) is 2.28. The highest BCUT2D eigenvalue weighted by molar-refractivity contribution is 5.85. The normalized spacial score (nSPS) is 10.8. The summed E-state index contributed by atoms with van der Waals surface area (Å²) < 4.78 is 57.2. The molecule has 0 spiro atoms. The maximum atomic E-state index is 13.3. The van der Waals surface area contributed by atoms with E-state index >= 15 is 0 Å². The van der Waals surface area contributed by atoms with Crippen LogP contribution in [0.1, 0.15) is 0 Å². The van der Waals surface area contributed by atoms with Crippen LogP contribution in [0.5, 0.6) is 5.75 Å². The zero-order valence-electron chi connectivity index (χ0n) is 8.15. The molecule has 0 aliphatic heterocycles. The SMILES string of the molecule is COc1ccc2c(F)c(F)c(F)c(F)c2c1. The van der Waals surface area contributed by atoms with E-state index in [1.807, 2.05) is 0 Å². The fraction of sp³-hybridized carbons (Fsp3) is 0.0909. The third-order valence-corrected chi connectivity index (χ3v) is 2.28. The highest BCUT2D eigenvalue weighted by atomic mass is 19.2. The van der Waals surface area contributed by atoms with E-state index < -0.39 is 23.3 Å². The summed E-state index contributed by atoms with van der Waals surface area (Å²) in [4.78, 5) is 0. The monoisotopic (exact) mass is 230 g/mol. The fourth-order valence-corrected chi connectivity index (χ4v) is 1.45. The van der Waals surface area contributed by atoms with Gasteiger partial charge in [0.2, 0.25) is 0 Å². The predicted molar refractivity (Wildman–Crippen MR) is 50.3 cm³/mol. The summed E-state index contributed by atoms with van der Waals surface area (Å²) in [7, 11) is 1.33. The molecule has 0 aliphatic carbocycles. The van der Waals surface area contributed by atoms with Gasteiger partial charge in [-0.25, -0.2) is 17.6 Å². The molecule has 0 saturated carbocycles. The molecule has 5 heteroatoms.